The van der Waals surface area contributed by atoms with E-state index in [9.17, 15) is 14.4 Å². The molecule has 3 aromatic rings. The second kappa shape index (κ2) is 9.01. The Bertz CT molecular complexity index is 1050. The lowest BCUT2D eigenvalue weighted by Gasteiger charge is -2.08. The fourth-order valence-corrected chi connectivity index (χ4v) is 3.15. The average Bonchev–Trinajstić information content (AvgIpc) is 2.66. The highest BCUT2D eigenvalue weighted by Crippen LogP contribution is 2.19. The zero-order valence-corrected chi connectivity index (χ0v) is 15.9. The van der Waals surface area contributed by atoms with E-state index in [-0.39, 0.29) is 23.1 Å². The quantitative estimate of drug-likeness (QED) is 0.440. The number of hydrogen-bond donors (Lipinski definition) is 3. The molecule has 7 nitrogen and oxygen atoms in total. The summed E-state index contributed by atoms with van der Waals surface area (Å²) in [6.45, 7) is 1.42. The van der Waals surface area contributed by atoms with Crippen LogP contribution in [-0.4, -0.2) is 27.5 Å². The molecule has 0 aliphatic heterocycles. The third kappa shape index (κ3) is 5.55. The minimum atomic E-state index is -0.278. The van der Waals surface area contributed by atoms with Crippen LogP contribution in [-0.2, 0) is 9.59 Å². The van der Waals surface area contributed by atoms with Crippen LogP contribution in [0.5, 0.6) is 0 Å². The van der Waals surface area contributed by atoms with Crippen LogP contribution in [0, 0.1) is 0 Å². The SMILES string of the molecule is CC(=O)Nc1cccc(NC(=O)CSc2nc(-c3ccccc3)cc(=O)[nH]2)c1. The maximum absolute atomic E-state index is 12.2. The maximum Gasteiger partial charge on any atom is 0.252 e. The van der Waals surface area contributed by atoms with Crippen molar-refractivity contribution in [3.05, 3.63) is 71.0 Å². The molecule has 0 aliphatic rings. The predicted octanol–water partition coefficient (Wildman–Crippen LogP) is 3.13. The van der Waals surface area contributed by atoms with Crippen molar-refractivity contribution < 1.29 is 9.59 Å². The fourth-order valence-electron chi connectivity index (χ4n) is 2.47. The Morgan fingerprint density at radius 2 is 1.71 bits per heavy atom. The average molecular weight is 394 g/mol. The number of hydrogen-bond acceptors (Lipinski definition) is 5. The summed E-state index contributed by atoms with van der Waals surface area (Å²) in [7, 11) is 0. The van der Waals surface area contributed by atoms with E-state index >= 15 is 0 Å². The van der Waals surface area contributed by atoms with Crippen LogP contribution < -0.4 is 16.2 Å². The number of benzene rings is 2. The Morgan fingerprint density at radius 1 is 1.00 bits per heavy atom. The molecule has 0 bridgehead atoms. The van der Waals surface area contributed by atoms with Gasteiger partial charge in [0.15, 0.2) is 5.16 Å². The molecule has 0 radical (unpaired) electrons. The van der Waals surface area contributed by atoms with Gasteiger partial charge in [0.1, 0.15) is 0 Å². The van der Waals surface area contributed by atoms with Gasteiger partial charge in [-0.1, -0.05) is 48.2 Å². The van der Waals surface area contributed by atoms with Crippen molar-refractivity contribution in [2.75, 3.05) is 16.4 Å². The summed E-state index contributed by atoms with van der Waals surface area (Å²) in [5.41, 5.74) is 2.26. The highest BCUT2D eigenvalue weighted by Gasteiger charge is 2.08. The molecule has 1 heterocycles. The van der Waals surface area contributed by atoms with Crippen LogP contribution in [0.15, 0.2) is 70.6 Å². The number of nitrogens with zero attached hydrogens (tertiary/aromatic N) is 1. The minimum absolute atomic E-state index is 0.0749. The van der Waals surface area contributed by atoms with Crippen LogP contribution in [0.3, 0.4) is 0 Å². The Hall–Kier alpha value is -3.39. The summed E-state index contributed by atoms with van der Waals surface area (Å²) in [6.07, 6.45) is 0. The van der Waals surface area contributed by atoms with E-state index in [1.807, 2.05) is 30.3 Å². The number of amides is 2. The van der Waals surface area contributed by atoms with Crippen LogP contribution in [0.1, 0.15) is 6.92 Å². The first kappa shape index (κ1) is 19.4. The summed E-state index contributed by atoms with van der Waals surface area (Å²) in [5.74, 6) is -0.365. The normalized spacial score (nSPS) is 10.3. The van der Waals surface area contributed by atoms with Crippen LogP contribution >= 0.6 is 11.8 Å². The van der Waals surface area contributed by atoms with E-state index in [4.69, 9.17) is 0 Å². The molecule has 0 fully saturated rings. The number of thioether (sulfide) groups is 1. The number of H-pyrrole nitrogens is 1. The molecule has 8 heteroatoms. The van der Waals surface area contributed by atoms with E-state index in [1.165, 1.54) is 13.0 Å². The van der Waals surface area contributed by atoms with E-state index in [2.05, 4.69) is 20.6 Å². The fraction of sp³-hybridized carbons (Fsp3) is 0.100. The molecule has 1 aromatic heterocycles. The largest absolute Gasteiger partial charge is 0.326 e. The van der Waals surface area contributed by atoms with Gasteiger partial charge in [0, 0.05) is 29.9 Å². The highest BCUT2D eigenvalue weighted by molar-refractivity contribution is 7.99. The Morgan fingerprint density at radius 3 is 2.43 bits per heavy atom. The first-order valence-electron chi connectivity index (χ1n) is 8.47. The molecule has 142 valence electrons. The van der Waals surface area contributed by atoms with Crippen LogP contribution in [0.2, 0.25) is 0 Å². The van der Waals surface area contributed by atoms with E-state index < -0.39 is 0 Å². The lowest BCUT2D eigenvalue weighted by molar-refractivity contribution is -0.114. The first-order valence-corrected chi connectivity index (χ1v) is 9.45. The predicted molar refractivity (Wildman–Crippen MR) is 110 cm³/mol. The lowest BCUT2D eigenvalue weighted by atomic mass is 10.1. The first-order chi connectivity index (χ1) is 13.5. The van der Waals surface area contributed by atoms with E-state index in [1.54, 1.807) is 24.3 Å². The Balaban J connectivity index is 1.64. The molecule has 0 saturated carbocycles. The third-order valence-electron chi connectivity index (χ3n) is 3.60. The van der Waals surface area contributed by atoms with Gasteiger partial charge in [0.2, 0.25) is 11.8 Å². The van der Waals surface area contributed by atoms with Crippen molar-refractivity contribution in [2.24, 2.45) is 0 Å². The molecule has 0 spiro atoms. The van der Waals surface area contributed by atoms with Crippen molar-refractivity contribution in [2.45, 2.75) is 12.1 Å². The molecule has 0 atom stereocenters. The van der Waals surface area contributed by atoms with Gasteiger partial charge in [0.25, 0.3) is 5.56 Å². The van der Waals surface area contributed by atoms with Gasteiger partial charge < -0.3 is 15.6 Å². The highest BCUT2D eigenvalue weighted by atomic mass is 32.2. The second-order valence-corrected chi connectivity index (χ2v) is 6.86. The van der Waals surface area contributed by atoms with Gasteiger partial charge in [-0.3, -0.25) is 14.4 Å². The smallest absolute Gasteiger partial charge is 0.252 e. The number of carbonyl (C=O) groups excluding carboxylic acids is 2. The van der Waals surface area contributed by atoms with Crippen LogP contribution in [0.25, 0.3) is 11.3 Å². The molecule has 0 saturated heterocycles. The zero-order valence-electron chi connectivity index (χ0n) is 15.1. The molecule has 2 aromatic carbocycles. The number of rotatable bonds is 6. The van der Waals surface area contributed by atoms with Crippen molar-refractivity contribution in [1.82, 2.24) is 9.97 Å². The summed E-state index contributed by atoms with van der Waals surface area (Å²) in [4.78, 5) is 42.3. The second-order valence-electron chi connectivity index (χ2n) is 5.90. The summed E-state index contributed by atoms with van der Waals surface area (Å²) < 4.78 is 0. The van der Waals surface area contributed by atoms with Crippen LogP contribution in [0.4, 0.5) is 11.4 Å². The van der Waals surface area contributed by atoms with Gasteiger partial charge in [-0.05, 0) is 18.2 Å². The molecule has 0 aliphatic carbocycles. The topological polar surface area (TPSA) is 104 Å². The van der Waals surface area contributed by atoms with Gasteiger partial charge >= 0.3 is 0 Å². The summed E-state index contributed by atoms with van der Waals surface area (Å²) in [5, 5.41) is 5.78. The molecule has 3 rings (SSSR count). The maximum atomic E-state index is 12.2. The summed E-state index contributed by atoms with van der Waals surface area (Å²) >= 11 is 1.14. The minimum Gasteiger partial charge on any atom is -0.326 e. The number of nitrogens with one attached hydrogen (secondary N) is 3. The monoisotopic (exact) mass is 394 g/mol. The molecule has 2 amide bonds. The standard InChI is InChI=1S/C20H18N4O3S/c1-13(25)21-15-8-5-9-16(10-15)22-19(27)12-28-20-23-17(11-18(26)24-20)14-6-3-2-4-7-14/h2-11H,12H2,1H3,(H,21,25)(H,22,27)(H,23,24,26). The molecule has 28 heavy (non-hydrogen) atoms. The van der Waals surface area contributed by atoms with E-state index in [0.717, 1.165) is 17.3 Å². The van der Waals surface area contributed by atoms with E-state index in [0.29, 0.717) is 22.2 Å². The van der Waals surface area contributed by atoms with Gasteiger partial charge in [-0.25, -0.2) is 4.98 Å². The Kier molecular flexibility index (Phi) is 6.23. The zero-order chi connectivity index (χ0) is 19.9. The number of aromatic nitrogens is 2. The third-order valence-corrected chi connectivity index (χ3v) is 4.47. The number of aromatic amines is 1. The molecule has 3 N–H and O–H groups in total. The Labute approximate surface area is 165 Å². The van der Waals surface area contributed by atoms with Crippen molar-refractivity contribution >= 4 is 35.0 Å². The number of carbonyl (C=O) groups is 2. The lowest BCUT2D eigenvalue weighted by Crippen LogP contribution is -2.15. The van der Waals surface area contributed by atoms with Crippen molar-refractivity contribution in [3.63, 3.8) is 0 Å². The van der Waals surface area contributed by atoms with Crippen molar-refractivity contribution in [3.8, 4) is 11.3 Å². The molecular weight excluding hydrogens is 376 g/mol. The molecular formula is C20H18N4O3S. The number of anilines is 2. The molecule has 0 unspecified atom stereocenters. The van der Waals surface area contributed by atoms with Gasteiger partial charge in [-0.2, -0.15) is 0 Å². The van der Waals surface area contributed by atoms with Gasteiger partial charge in [0.05, 0.1) is 11.4 Å². The summed E-state index contributed by atoms with van der Waals surface area (Å²) in [6, 6.07) is 17.6. The van der Waals surface area contributed by atoms with Crippen molar-refractivity contribution in [1.29, 1.82) is 0 Å². The van der Waals surface area contributed by atoms with Gasteiger partial charge in [-0.15, -0.1) is 0 Å².